The fourth-order valence-electron chi connectivity index (χ4n) is 3.07. The highest BCUT2D eigenvalue weighted by atomic mass is 32.1. The first-order valence-corrected chi connectivity index (χ1v) is 10.2. The highest BCUT2D eigenvalue weighted by Gasteiger charge is 2.17. The number of methoxy groups -OCH3 is 3. The normalized spacial score (nSPS) is 10.4. The van der Waals surface area contributed by atoms with Crippen LogP contribution in [0.4, 0.5) is 5.69 Å². The minimum absolute atomic E-state index is 0.0679. The van der Waals surface area contributed by atoms with E-state index in [-0.39, 0.29) is 5.91 Å². The first-order chi connectivity index (χ1) is 14.1. The molecule has 6 heteroatoms. The van der Waals surface area contributed by atoms with Crippen molar-refractivity contribution >= 4 is 22.9 Å². The summed E-state index contributed by atoms with van der Waals surface area (Å²) in [5.41, 5.74) is 1.89. The van der Waals surface area contributed by atoms with Crippen molar-refractivity contribution in [3.63, 3.8) is 0 Å². The molecule has 29 heavy (non-hydrogen) atoms. The van der Waals surface area contributed by atoms with Crippen molar-refractivity contribution in [1.29, 1.82) is 0 Å². The molecule has 2 aromatic carbocycles. The highest BCUT2D eigenvalue weighted by molar-refractivity contribution is 7.09. The SMILES string of the molecule is COc1ccc(N(Cc2cccs2)C(=O)CCc2ccc(OC)c(OC)c2)cc1. The predicted octanol–water partition coefficient (Wildman–Crippen LogP) is 4.94. The molecule has 1 aromatic heterocycles. The fourth-order valence-corrected chi connectivity index (χ4v) is 3.76. The number of rotatable bonds is 9. The Balaban J connectivity index is 1.75. The van der Waals surface area contributed by atoms with E-state index in [2.05, 4.69) is 0 Å². The Morgan fingerprint density at radius 3 is 2.31 bits per heavy atom. The second-order valence-electron chi connectivity index (χ2n) is 6.45. The monoisotopic (exact) mass is 411 g/mol. The van der Waals surface area contributed by atoms with Crippen LogP contribution in [0.1, 0.15) is 16.9 Å². The zero-order valence-corrected chi connectivity index (χ0v) is 17.7. The number of thiophene rings is 1. The second kappa shape index (κ2) is 9.98. The van der Waals surface area contributed by atoms with Crippen molar-refractivity contribution in [3.8, 4) is 17.2 Å². The van der Waals surface area contributed by atoms with Gasteiger partial charge >= 0.3 is 0 Å². The summed E-state index contributed by atoms with van der Waals surface area (Å²) >= 11 is 1.65. The lowest BCUT2D eigenvalue weighted by Crippen LogP contribution is -2.30. The number of anilines is 1. The van der Waals surface area contributed by atoms with Crippen LogP contribution < -0.4 is 19.1 Å². The molecular formula is C23H25NO4S. The van der Waals surface area contributed by atoms with Gasteiger partial charge in [0.25, 0.3) is 0 Å². The third-order valence-corrected chi connectivity index (χ3v) is 5.52. The van der Waals surface area contributed by atoms with Crippen molar-refractivity contribution in [1.82, 2.24) is 0 Å². The van der Waals surface area contributed by atoms with E-state index >= 15 is 0 Å². The lowest BCUT2D eigenvalue weighted by atomic mass is 10.1. The van der Waals surface area contributed by atoms with Crippen LogP contribution in [0.5, 0.6) is 17.2 Å². The van der Waals surface area contributed by atoms with Gasteiger partial charge in [0.15, 0.2) is 11.5 Å². The van der Waals surface area contributed by atoms with Crippen molar-refractivity contribution in [2.45, 2.75) is 19.4 Å². The van der Waals surface area contributed by atoms with E-state index in [0.29, 0.717) is 30.9 Å². The van der Waals surface area contributed by atoms with E-state index in [9.17, 15) is 4.79 Å². The molecule has 0 saturated carbocycles. The average molecular weight is 412 g/mol. The molecule has 0 aliphatic carbocycles. The molecule has 0 atom stereocenters. The number of aryl methyl sites for hydroxylation is 1. The summed E-state index contributed by atoms with van der Waals surface area (Å²) in [6.45, 7) is 0.550. The minimum Gasteiger partial charge on any atom is -0.497 e. The molecule has 0 saturated heterocycles. The third kappa shape index (κ3) is 5.29. The summed E-state index contributed by atoms with van der Waals surface area (Å²) in [7, 11) is 4.85. The van der Waals surface area contributed by atoms with E-state index in [1.165, 1.54) is 0 Å². The van der Waals surface area contributed by atoms with Crippen LogP contribution in [-0.2, 0) is 17.8 Å². The maximum Gasteiger partial charge on any atom is 0.227 e. The van der Waals surface area contributed by atoms with Gasteiger partial charge in [-0.2, -0.15) is 0 Å². The quantitative estimate of drug-likeness (QED) is 0.500. The third-order valence-electron chi connectivity index (χ3n) is 4.65. The summed E-state index contributed by atoms with van der Waals surface area (Å²) in [4.78, 5) is 16.1. The topological polar surface area (TPSA) is 48.0 Å². The van der Waals surface area contributed by atoms with Gasteiger partial charge in [0.1, 0.15) is 5.75 Å². The second-order valence-corrected chi connectivity index (χ2v) is 7.48. The van der Waals surface area contributed by atoms with Gasteiger partial charge in [-0.3, -0.25) is 4.79 Å². The number of benzene rings is 2. The van der Waals surface area contributed by atoms with E-state index in [0.717, 1.165) is 21.9 Å². The number of carbonyl (C=O) groups is 1. The van der Waals surface area contributed by atoms with Crippen LogP contribution in [0.25, 0.3) is 0 Å². The summed E-state index contributed by atoms with van der Waals surface area (Å²) in [6, 6.07) is 17.4. The van der Waals surface area contributed by atoms with Gasteiger partial charge in [0.2, 0.25) is 5.91 Å². The van der Waals surface area contributed by atoms with Gasteiger partial charge in [-0.1, -0.05) is 12.1 Å². The Bertz CT molecular complexity index is 923. The van der Waals surface area contributed by atoms with Crippen LogP contribution in [0, 0.1) is 0 Å². The number of amides is 1. The zero-order chi connectivity index (χ0) is 20.6. The van der Waals surface area contributed by atoms with E-state index in [1.54, 1.807) is 32.7 Å². The highest BCUT2D eigenvalue weighted by Crippen LogP contribution is 2.29. The molecule has 152 valence electrons. The maximum absolute atomic E-state index is 13.1. The summed E-state index contributed by atoms with van der Waals surface area (Å²) in [5, 5.41) is 2.02. The number of nitrogens with zero attached hydrogens (tertiary/aromatic N) is 1. The number of carbonyl (C=O) groups excluding carboxylic acids is 1. The van der Waals surface area contributed by atoms with Crippen molar-refractivity contribution in [2.75, 3.05) is 26.2 Å². The Morgan fingerprint density at radius 2 is 1.69 bits per heavy atom. The van der Waals surface area contributed by atoms with Crippen LogP contribution in [-0.4, -0.2) is 27.2 Å². The Labute approximate surface area is 175 Å². The van der Waals surface area contributed by atoms with Gasteiger partial charge in [-0.05, 0) is 59.8 Å². The molecular weight excluding hydrogens is 386 g/mol. The number of hydrogen-bond acceptors (Lipinski definition) is 5. The van der Waals surface area contributed by atoms with Crippen molar-refractivity contribution in [3.05, 3.63) is 70.4 Å². The Hall–Kier alpha value is -2.99. The minimum atomic E-state index is 0.0679. The van der Waals surface area contributed by atoms with Crippen LogP contribution in [0.3, 0.4) is 0 Å². The molecule has 1 heterocycles. The van der Waals surface area contributed by atoms with E-state index in [4.69, 9.17) is 14.2 Å². The van der Waals surface area contributed by atoms with Crippen LogP contribution in [0.15, 0.2) is 60.0 Å². The van der Waals surface area contributed by atoms with Gasteiger partial charge < -0.3 is 19.1 Å². The van der Waals surface area contributed by atoms with Gasteiger partial charge in [0, 0.05) is 17.0 Å². The molecule has 3 rings (SSSR count). The largest absolute Gasteiger partial charge is 0.497 e. The zero-order valence-electron chi connectivity index (χ0n) is 16.9. The molecule has 3 aromatic rings. The van der Waals surface area contributed by atoms with E-state index in [1.807, 2.05) is 64.9 Å². The van der Waals surface area contributed by atoms with E-state index < -0.39 is 0 Å². The standard InChI is InChI=1S/C23H25NO4S/c1-26-19-10-8-18(9-11-19)24(16-20-5-4-14-29-20)23(25)13-7-17-6-12-21(27-2)22(15-17)28-3/h4-6,8-12,14-15H,7,13,16H2,1-3H3. The summed E-state index contributed by atoms with van der Waals surface area (Å²) < 4.78 is 15.9. The molecule has 5 nitrogen and oxygen atoms in total. The Morgan fingerprint density at radius 1 is 0.931 bits per heavy atom. The molecule has 0 fully saturated rings. The van der Waals surface area contributed by atoms with Crippen LogP contribution >= 0.6 is 11.3 Å². The molecule has 0 radical (unpaired) electrons. The van der Waals surface area contributed by atoms with Gasteiger partial charge in [-0.15, -0.1) is 11.3 Å². The van der Waals surface area contributed by atoms with Crippen molar-refractivity contribution in [2.24, 2.45) is 0 Å². The molecule has 0 aliphatic heterocycles. The molecule has 0 aliphatic rings. The predicted molar refractivity (Wildman–Crippen MR) is 116 cm³/mol. The number of ether oxygens (including phenoxy) is 3. The molecule has 0 spiro atoms. The number of hydrogen-bond donors (Lipinski definition) is 0. The summed E-state index contributed by atoms with van der Waals surface area (Å²) in [5.74, 6) is 2.18. The fraction of sp³-hybridized carbons (Fsp3) is 0.261. The lowest BCUT2D eigenvalue weighted by Gasteiger charge is -2.23. The van der Waals surface area contributed by atoms with Crippen LogP contribution in [0.2, 0.25) is 0 Å². The van der Waals surface area contributed by atoms with Crippen molar-refractivity contribution < 1.29 is 19.0 Å². The van der Waals surface area contributed by atoms with Gasteiger partial charge in [-0.25, -0.2) is 0 Å². The average Bonchev–Trinajstić information content (AvgIpc) is 3.29. The Kier molecular flexibility index (Phi) is 7.14. The lowest BCUT2D eigenvalue weighted by molar-refractivity contribution is -0.118. The molecule has 0 unspecified atom stereocenters. The molecule has 0 bridgehead atoms. The maximum atomic E-state index is 13.1. The first-order valence-electron chi connectivity index (χ1n) is 9.32. The summed E-state index contributed by atoms with van der Waals surface area (Å²) in [6.07, 6.45) is 1.02. The van der Waals surface area contributed by atoms with Gasteiger partial charge in [0.05, 0.1) is 27.9 Å². The molecule has 1 amide bonds. The smallest absolute Gasteiger partial charge is 0.227 e. The molecule has 0 N–H and O–H groups in total. The first kappa shape index (κ1) is 20.7.